The SMILES string of the molecule is CC(C)c1cc(C(=O)O)c(=O)n(-c2ccc(C(F)(F)F)cc2)n1. The second-order valence-electron chi connectivity index (χ2n) is 5.20. The number of nitrogens with zero attached hydrogens (tertiary/aromatic N) is 2. The number of carboxylic acids is 1. The highest BCUT2D eigenvalue weighted by molar-refractivity contribution is 5.87. The van der Waals surface area contributed by atoms with Crippen LogP contribution in [0.25, 0.3) is 5.69 Å². The molecule has 0 aliphatic heterocycles. The van der Waals surface area contributed by atoms with Crippen molar-refractivity contribution in [3.63, 3.8) is 0 Å². The van der Waals surface area contributed by atoms with Crippen molar-refractivity contribution in [2.24, 2.45) is 0 Å². The number of aromatic nitrogens is 2. The van der Waals surface area contributed by atoms with Crippen LogP contribution in [0.4, 0.5) is 13.2 Å². The van der Waals surface area contributed by atoms with Gasteiger partial charge in [-0.25, -0.2) is 4.79 Å². The lowest BCUT2D eigenvalue weighted by molar-refractivity contribution is -0.137. The van der Waals surface area contributed by atoms with E-state index in [1.54, 1.807) is 13.8 Å². The van der Waals surface area contributed by atoms with Gasteiger partial charge in [0.25, 0.3) is 5.56 Å². The summed E-state index contributed by atoms with van der Waals surface area (Å²) >= 11 is 0. The van der Waals surface area contributed by atoms with Gasteiger partial charge in [0.1, 0.15) is 5.56 Å². The maximum atomic E-state index is 12.6. The summed E-state index contributed by atoms with van der Waals surface area (Å²) in [5.41, 5.74) is -1.84. The summed E-state index contributed by atoms with van der Waals surface area (Å²) in [5, 5.41) is 13.1. The number of hydrogen-bond acceptors (Lipinski definition) is 3. The van der Waals surface area contributed by atoms with Gasteiger partial charge in [0.05, 0.1) is 16.9 Å². The van der Waals surface area contributed by atoms with E-state index < -0.39 is 28.8 Å². The first-order valence-electron chi connectivity index (χ1n) is 6.66. The van der Waals surface area contributed by atoms with E-state index in [-0.39, 0.29) is 11.6 Å². The van der Waals surface area contributed by atoms with Gasteiger partial charge in [0.2, 0.25) is 0 Å². The summed E-state index contributed by atoms with van der Waals surface area (Å²) in [5.74, 6) is -1.57. The molecule has 0 atom stereocenters. The monoisotopic (exact) mass is 326 g/mol. The van der Waals surface area contributed by atoms with Gasteiger partial charge >= 0.3 is 12.1 Å². The fraction of sp³-hybridized carbons (Fsp3) is 0.267. The molecular weight excluding hydrogens is 313 g/mol. The first kappa shape index (κ1) is 16.7. The van der Waals surface area contributed by atoms with E-state index in [4.69, 9.17) is 5.11 Å². The number of alkyl halides is 3. The van der Waals surface area contributed by atoms with Crippen LogP contribution in [-0.4, -0.2) is 20.9 Å². The van der Waals surface area contributed by atoms with Gasteiger partial charge in [0.15, 0.2) is 0 Å². The zero-order valence-corrected chi connectivity index (χ0v) is 12.3. The topological polar surface area (TPSA) is 72.2 Å². The van der Waals surface area contributed by atoms with Crippen LogP contribution in [0.5, 0.6) is 0 Å². The van der Waals surface area contributed by atoms with E-state index in [0.717, 1.165) is 28.9 Å². The Morgan fingerprint density at radius 3 is 2.22 bits per heavy atom. The molecule has 0 unspecified atom stereocenters. The molecular formula is C15H13F3N2O3. The van der Waals surface area contributed by atoms with Gasteiger partial charge in [-0.3, -0.25) is 4.79 Å². The van der Waals surface area contributed by atoms with Gasteiger partial charge in [0, 0.05) is 0 Å². The Morgan fingerprint density at radius 1 is 1.22 bits per heavy atom. The van der Waals surface area contributed by atoms with E-state index in [1.807, 2.05) is 0 Å². The fourth-order valence-electron chi connectivity index (χ4n) is 1.92. The molecule has 23 heavy (non-hydrogen) atoms. The minimum absolute atomic E-state index is 0.0630. The summed E-state index contributed by atoms with van der Waals surface area (Å²) in [6, 6.07) is 4.95. The number of hydrogen-bond donors (Lipinski definition) is 1. The molecule has 0 radical (unpaired) electrons. The summed E-state index contributed by atoms with van der Waals surface area (Å²) in [6.45, 7) is 3.52. The quantitative estimate of drug-likeness (QED) is 0.941. The molecule has 0 bridgehead atoms. The molecule has 2 rings (SSSR count). The van der Waals surface area contributed by atoms with Crippen molar-refractivity contribution >= 4 is 5.97 Å². The van der Waals surface area contributed by atoms with E-state index in [9.17, 15) is 22.8 Å². The smallest absolute Gasteiger partial charge is 0.416 e. The molecule has 2 aromatic rings. The lowest BCUT2D eigenvalue weighted by atomic mass is 10.1. The minimum Gasteiger partial charge on any atom is -0.477 e. The van der Waals surface area contributed by atoms with Crippen molar-refractivity contribution in [2.45, 2.75) is 25.9 Å². The molecule has 0 spiro atoms. The highest BCUT2D eigenvalue weighted by Gasteiger charge is 2.30. The van der Waals surface area contributed by atoms with E-state index in [1.165, 1.54) is 6.07 Å². The molecule has 5 nitrogen and oxygen atoms in total. The Labute approximate surface area is 129 Å². The first-order chi connectivity index (χ1) is 10.6. The molecule has 1 aromatic carbocycles. The maximum absolute atomic E-state index is 12.6. The van der Waals surface area contributed by atoms with Crippen LogP contribution < -0.4 is 5.56 Å². The first-order valence-corrected chi connectivity index (χ1v) is 6.66. The Hall–Kier alpha value is -2.64. The number of carboxylic acid groups (broad SMARTS) is 1. The van der Waals surface area contributed by atoms with Gasteiger partial charge in [-0.1, -0.05) is 13.8 Å². The number of rotatable bonds is 3. The fourth-order valence-corrected chi connectivity index (χ4v) is 1.92. The summed E-state index contributed by atoms with van der Waals surface area (Å²) in [7, 11) is 0. The highest BCUT2D eigenvalue weighted by Crippen LogP contribution is 2.29. The third-order valence-electron chi connectivity index (χ3n) is 3.19. The number of halogens is 3. The van der Waals surface area contributed by atoms with Gasteiger partial charge in [-0.05, 0) is 36.2 Å². The van der Waals surface area contributed by atoms with Crippen LogP contribution in [-0.2, 0) is 6.18 Å². The zero-order valence-electron chi connectivity index (χ0n) is 12.3. The Balaban J connectivity index is 2.63. The number of carbonyl (C=O) groups is 1. The minimum atomic E-state index is -4.50. The van der Waals surface area contributed by atoms with Crippen molar-refractivity contribution < 1.29 is 23.1 Å². The molecule has 1 N–H and O–H groups in total. The van der Waals surface area contributed by atoms with Crippen LogP contribution >= 0.6 is 0 Å². The van der Waals surface area contributed by atoms with Crippen LogP contribution in [0, 0.1) is 0 Å². The molecule has 0 aliphatic rings. The lowest BCUT2D eigenvalue weighted by Crippen LogP contribution is -2.28. The molecule has 0 fully saturated rings. The average Bonchev–Trinajstić information content (AvgIpc) is 2.46. The second-order valence-corrected chi connectivity index (χ2v) is 5.20. The third-order valence-corrected chi connectivity index (χ3v) is 3.19. The van der Waals surface area contributed by atoms with Crippen molar-refractivity contribution in [1.82, 2.24) is 9.78 Å². The van der Waals surface area contributed by atoms with Crippen molar-refractivity contribution in [2.75, 3.05) is 0 Å². The maximum Gasteiger partial charge on any atom is 0.416 e. The van der Waals surface area contributed by atoms with Crippen molar-refractivity contribution in [3.8, 4) is 5.69 Å². The second kappa shape index (κ2) is 5.86. The molecule has 0 saturated carbocycles. The summed E-state index contributed by atoms with van der Waals surface area (Å²) in [6.07, 6.45) is -4.50. The van der Waals surface area contributed by atoms with E-state index in [2.05, 4.69) is 5.10 Å². The standard InChI is InChI=1S/C15H13F3N2O3/c1-8(2)12-7-11(14(22)23)13(21)20(19-12)10-5-3-9(4-6-10)15(16,17)18/h3-8H,1-2H3,(H,22,23). The van der Waals surface area contributed by atoms with Crippen LogP contribution in [0.1, 0.15) is 41.4 Å². The number of aromatic carboxylic acids is 1. The largest absolute Gasteiger partial charge is 0.477 e. The molecule has 1 aromatic heterocycles. The molecule has 122 valence electrons. The van der Waals surface area contributed by atoms with Gasteiger partial charge in [-0.2, -0.15) is 23.0 Å². The summed E-state index contributed by atoms with van der Waals surface area (Å²) in [4.78, 5) is 23.3. The van der Waals surface area contributed by atoms with E-state index in [0.29, 0.717) is 5.69 Å². The van der Waals surface area contributed by atoms with Gasteiger partial charge in [-0.15, -0.1) is 0 Å². The van der Waals surface area contributed by atoms with Crippen molar-refractivity contribution in [1.29, 1.82) is 0 Å². The molecule has 8 heteroatoms. The Bertz CT molecular complexity index is 793. The van der Waals surface area contributed by atoms with Crippen LogP contribution in [0.2, 0.25) is 0 Å². The average molecular weight is 326 g/mol. The molecule has 1 heterocycles. The van der Waals surface area contributed by atoms with Crippen molar-refractivity contribution in [3.05, 3.63) is 57.5 Å². The predicted octanol–water partition coefficient (Wildman–Crippen LogP) is 3.07. The van der Waals surface area contributed by atoms with Crippen LogP contribution in [0.3, 0.4) is 0 Å². The molecule has 0 saturated heterocycles. The molecule has 0 aliphatic carbocycles. The lowest BCUT2D eigenvalue weighted by Gasteiger charge is -2.12. The summed E-state index contributed by atoms with van der Waals surface area (Å²) < 4.78 is 38.5. The third kappa shape index (κ3) is 3.41. The Kier molecular flexibility index (Phi) is 4.26. The number of benzene rings is 1. The normalized spacial score (nSPS) is 11.7. The van der Waals surface area contributed by atoms with Gasteiger partial charge < -0.3 is 5.11 Å². The Morgan fingerprint density at radius 2 is 1.78 bits per heavy atom. The van der Waals surface area contributed by atoms with E-state index >= 15 is 0 Å². The zero-order chi connectivity index (χ0) is 17.4. The molecule has 0 amide bonds. The highest BCUT2D eigenvalue weighted by atomic mass is 19.4. The van der Waals surface area contributed by atoms with Crippen LogP contribution in [0.15, 0.2) is 35.1 Å². The predicted molar refractivity (Wildman–Crippen MR) is 75.9 cm³/mol.